The van der Waals surface area contributed by atoms with Crippen LogP contribution in [0.2, 0.25) is 0 Å². The molecule has 0 amide bonds. The Bertz CT molecular complexity index is 908. The highest BCUT2D eigenvalue weighted by Gasteiger charge is 2.20. The number of aryl methyl sites for hydroxylation is 1. The molecule has 3 aromatic rings. The van der Waals surface area contributed by atoms with Crippen molar-refractivity contribution >= 4 is 11.6 Å². The number of ketones is 2. The number of rotatable bonds is 5. The number of carbonyl (C=O) groups excluding carboxylic acids is 2. The van der Waals surface area contributed by atoms with Crippen LogP contribution in [0.15, 0.2) is 30.3 Å². The van der Waals surface area contributed by atoms with Gasteiger partial charge in [0.2, 0.25) is 11.6 Å². The van der Waals surface area contributed by atoms with Gasteiger partial charge in [0.05, 0.1) is 5.69 Å². The second kappa shape index (κ2) is 6.19. The van der Waals surface area contributed by atoms with E-state index in [1.54, 1.807) is 13.8 Å². The molecule has 7 nitrogen and oxygen atoms in total. The minimum Gasteiger partial charge on any atom is -0.355 e. The number of aromatic amines is 1. The lowest BCUT2D eigenvalue weighted by Crippen LogP contribution is -2.14. The second-order valence-electron chi connectivity index (χ2n) is 5.61. The molecular weight excluding hydrogens is 306 g/mol. The normalized spacial score (nSPS) is 10.8. The third kappa shape index (κ3) is 2.88. The number of aromatic nitrogens is 5. The number of tetrazole rings is 1. The maximum absolute atomic E-state index is 12.5. The Labute approximate surface area is 138 Å². The summed E-state index contributed by atoms with van der Waals surface area (Å²) in [4.78, 5) is 28.4. The molecule has 3 rings (SSSR count). The minimum atomic E-state index is -0.194. The van der Waals surface area contributed by atoms with E-state index in [4.69, 9.17) is 0 Å². The number of benzene rings is 1. The monoisotopic (exact) mass is 323 g/mol. The van der Waals surface area contributed by atoms with Gasteiger partial charge < -0.3 is 4.98 Å². The number of carbonyl (C=O) groups is 2. The number of Topliss-reactive ketones (excluding diaryl/α,β-unsaturated/α-hetero) is 2. The third-order valence-electron chi connectivity index (χ3n) is 3.84. The Balaban J connectivity index is 1.83. The highest BCUT2D eigenvalue weighted by Crippen LogP contribution is 2.19. The molecule has 24 heavy (non-hydrogen) atoms. The number of hydrogen-bond acceptors (Lipinski definition) is 5. The van der Waals surface area contributed by atoms with Gasteiger partial charge in [-0.2, -0.15) is 4.80 Å². The molecule has 0 saturated carbocycles. The van der Waals surface area contributed by atoms with Gasteiger partial charge in [0, 0.05) is 16.8 Å². The molecule has 122 valence electrons. The molecule has 0 bridgehead atoms. The molecule has 1 aromatic carbocycles. The van der Waals surface area contributed by atoms with Crippen molar-refractivity contribution < 1.29 is 9.59 Å². The van der Waals surface area contributed by atoms with E-state index in [0.29, 0.717) is 28.3 Å². The Morgan fingerprint density at radius 1 is 1.17 bits per heavy atom. The van der Waals surface area contributed by atoms with Gasteiger partial charge in [0.1, 0.15) is 6.54 Å². The fourth-order valence-corrected chi connectivity index (χ4v) is 2.78. The summed E-state index contributed by atoms with van der Waals surface area (Å²) >= 11 is 0. The average Bonchev–Trinajstić information content (AvgIpc) is 3.12. The van der Waals surface area contributed by atoms with Crippen molar-refractivity contribution in [2.24, 2.45) is 0 Å². The van der Waals surface area contributed by atoms with Crippen LogP contribution in [0.3, 0.4) is 0 Å². The average molecular weight is 323 g/mol. The van der Waals surface area contributed by atoms with Crippen LogP contribution in [0.5, 0.6) is 0 Å². The summed E-state index contributed by atoms with van der Waals surface area (Å²) in [7, 11) is 0. The highest BCUT2D eigenvalue weighted by atomic mass is 16.1. The van der Waals surface area contributed by atoms with Crippen molar-refractivity contribution in [2.45, 2.75) is 27.3 Å². The zero-order valence-corrected chi connectivity index (χ0v) is 13.7. The van der Waals surface area contributed by atoms with E-state index in [1.807, 2.05) is 30.3 Å². The van der Waals surface area contributed by atoms with Crippen molar-refractivity contribution in [1.82, 2.24) is 25.2 Å². The predicted molar refractivity (Wildman–Crippen MR) is 87.9 cm³/mol. The van der Waals surface area contributed by atoms with Gasteiger partial charge in [-0.25, -0.2) is 0 Å². The molecule has 0 spiro atoms. The van der Waals surface area contributed by atoms with Gasteiger partial charge in [0.15, 0.2) is 5.78 Å². The van der Waals surface area contributed by atoms with Crippen molar-refractivity contribution in [1.29, 1.82) is 0 Å². The number of H-pyrrole nitrogens is 1. The van der Waals surface area contributed by atoms with E-state index in [2.05, 4.69) is 20.4 Å². The van der Waals surface area contributed by atoms with E-state index < -0.39 is 0 Å². The van der Waals surface area contributed by atoms with Crippen molar-refractivity contribution in [2.75, 3.05) is 0 Å². The summed E-state index contributed by atoms with van der Waals surface area (Å²) in [5, 5.41) is 12.1. The maximum atomic E-state index is 12.5. The number of nitrogens with one attached hydrogen (secondary N) is 1. The summed E-state index contributed by atoms with van der Waals surface area (Å²) in [6, 6.07) is 9.42. The van der Waals surface area contributed by atoms with E-state index in [0.717, 1.165) is 5.56 Å². The quantitative estimate of drug-likeness (QED) is 0.728. The standard InChI is InChI=1S/C17H17N5O2/c1-10-15(12(3)23)11(2)18-16(10)14(24)9-22-20-17(19-21-22)13-7-5-4-6-8-13/h4-8,18H,9H2,1-3H3. The largest absolute Gasteiger partial charge is 0.355 e. The Hall–Kier alpha value is -3.09. The molecule has 0 aliphatic heterocycles. The molecule has 0 atom stereocenters. The molecule has 2 heterocycles. The first kappa shape index (κ1) is 15.8. The number of nitrogens with zero attached hydrogens (tertiary/aromatic N) is 4. The van der Waals surface area contributed by atoms with Crippen molar-refractivity contribution in [3.8, 4) is 11.4 Å². The third-order valence-corrected chi connectivity index (χ3v) is 3.84. The fraction of sp³-hybridized carbons (Fsp3) is 0.235. The lowest BCUT2D eigenvalue weighted by Gasteiger charge is -2.00. The molecule has 2 aromatic heterocycles. The van der Waals surface area contributed by atoms with E-state index in [1.165, 1.54) is 11.7 Å². The molecule has 0 unspecified atom stereocenters. The Morgan fingerprint density at radius 3 is 2.50 bits per heavy atom. The Morgan fingerprint density at radius 2 is 1.88 bits per heavy atom. The van der Waals surface area contributed by atoms with Crippen molar-refractivity contribution in [3.05, 3.63) is 52.8 Å². The first-order chi connectivity index (χ1) is 11.5. The lowest BCUT2D eigenvalue weighted by atomic mass is 10.1. The summed E-state index contributed by atoms with van der Waals surface area (Å²) in [5.74, 6) is 0.206. The minimum absolute atomic E-state index is 0.0437. The van der Waals surface area contributed by atoms with E-state index in [-0.39, 0.29) is 18.1 Å². The van der Waals surface area contributed by atoms with Crippen LogP contribution in [0, 0.1) is 13.8 Å². The zero-order valence-electron chi connectivity index (χ0n) is 13.7. The van der Waals surface area contributed by atoms with Crippen LogP contribution >= 0.6 is 0 Å². The Kier molecular flexibility index (Phi) is 4.07. The fourth-order valence-electron chi connectivity index (χ4n) is 2.78. The molecule has 7 heteroatoms. The first-order valence-electron chi connectivity index (χ1n) is 7.54. The molecule has 0 aliphatic rings. The molecule has 1 N–H and O–H groups in total. The SMILES string of the molecule is CC(=O)c1c(C)[nH]c(C(=O)Cn2nnc(-c3ccccc3)n2)c1C. The van der Waals surface area contributed by atoms with Gasteiger partial charge in [-0.1, -0.05) is 30.3 Å². The van der Waals surface area contributed by atoms with Crippen LogP contribution in [0.4, 0.5) is 0 Å². The van der Waals surface area contributed by atoms with Gasteiger partial charge in [-0.15, -0.1) is 10.2 Å². The van der Waals surface area contributed by atoms with Gasteiger partial charge in [-0.05, 0) is 31.5 Å². The second-order valence-corrected chi connectivity index (χ2v) is 5.61. The molecule has 0 aliphatic carbocycles. The summed E-state index contributed by atoms with van der Waals surface area (Å²) < 4.78 is 0. The summed E-state index contributed by atoms with van der Waals surface area (Å²) in [6.45, 7) is 4.99. The smallest absolute Gasteiger partial charge is 0.204 e. The van der Waals surface area contributed by atoms with Crippen LogP contribution < -0.4 is 0 Å². The van der Waals surface area contributed by atoms with Crippen LogP contribution in [-0.4, -0.2) is 36.8 Å². The molecule has 0 fully saturated rings. The highest BCUT2D eigenvalue weighted by molar-refractivity contribution is 6.03. The molecule has 0 saturated heterocycles. The maximum Gasteiger partial charge on any atom is 0.204 e. The molecule has 0 radical (unpaired) electrons. The van der Waals surface area contributed by atoms with Crippen molar-refractivity contribution in [3.63, 3.8) is 0 Å². The lowest BCUT2D eigenvalue weighted by molar-refractivity contribution is 0.0956. The van der Waals surface area contributed by atoms with E-state index >= 15 is 0 Å². The number of hydrogen-bond donors (Lipinski definition) is 1. The zero-order chi connectivity index (χ0) is 17.3. The molecular formula is C17H17N5O2. The van der Waals surface area contributed by atoms with Gasteiger partial charge >= 0.3 is 0 Å². The van der Waals surface area contributed by atoms with Gasteiger partial charge in [0.25, 0.3) is 0 Å². The van der Waals surface area contributed by atoms with Crippen LogP contribution in [0.1, 0.15) is 39.0 Å². The summed E-state index contributed by atoms with van der Waals surface area (Å²) in [5.41, 5.74) is 3.17. The summed E-state index contributed by atoms with van der Waals surface area (Å²) in [6.07, 6.45) is 0. The topological polar surface area (TPSA) is 93.5 Å². The van der Waals surface area contributed by atoms with Gasteiger partial charge in [-0.3, -0.25) is 9.59 Å². The predicted octanol–water partition coefficient (Wildman–Crippen LogP) is 2.37. The first-order valence-corrected chi connectivity index (χ1v) is 7.54. The van der Waals surface area contributed by atoms with Crippen LogP contribution in [-0.2, 0) is 6.54 Å². The van der Waals surface area contributed by atoms with Crippen LogP contribution in [0.25, 0.3) is 11.4 Å². The van der Waals surface area contributed by atoms with E-state index in [9.17, 15) is 9.59 Å².